The van der Waals surface area contributed by atoms with Gasteiger partial charge in [0, 0.05) is 6.04 Å². The maximum Gasteiger partial charge on any atom is 0.161 e. The van der Waals surface area contributed by atoms with Gasteiger partial charge in [-0.25, -0.2) is 0 Å². The summed E-state index contributed by atoms with van der Waals surface area (Å²) in [6, 6.07) is 7.63. The molecule has 2 N–H and O–H groups in total. The van der Waals surface area contributed by atoms with Crippen molar-refractivity contribution in [2.45, 2.75) is 19.1 Å². The molecule has 0 aliphatic carbocycles. The minimum Gasteiger partial charge on any atom is -0.486 e. The summed E-state index contributed by atoms with van der Waals surface area (Å²) in [5.41, 5.74) is 5.72. The molecule has 0 fully saturated rings. The molecule has 1 unspecified atom stereocenters. The highest BCUT2D eigenvalue weighted by molar-refractivity contribution is 5.40. The maximum absolute atomic E-state index is 5.72. The Balaban J connectivity index is 2.20. The average molecular weight is 179 g/mol. The largest absolute Gasteiger partial charge is 0.486 e. The maximum atomic E-state index is 5.72. The van der Waals surface area contributed by atoms with Crippen molar-refractivity contribution in [2.75, 3.05) is 6.61 Å². The fourth-order valence-electron chi connectivity index (χ4n) is 1.29. The average Bonchev–Trinajstić information content (AvgIpc) is 2.17. The summed E-state index contributed by atoms with van der Waals surface area (Å²) in [6.07, 6.45) is -0.0325. The summed E-state index contributed by atoms with van der Waals surface area (Å²) in [5.74, 6) is 1.59. The molecule has 0 spiro atoms. The van der Waals surface area contributed by atoms with Crippen LogP contribution in [0.4, 0.5) is 0 Å². The Hall–Kier alpha value is -1.22. The molecule has 1 aliphatic heterocycles. The van der Waals surface area contributed by atoms with Crippen LogP contribution in [0.25, 0.3) is 0 Å². The number of hydrogen-bond acceptors (Lipinski definition) is 3. The van der Waals surface area contributed by atoms with E-state index in [9.17, 15) is 0 Å². The molecule has 1 heterocycles. The second-order valence-electron chi connectivity index (χ2n) is 3.27. The Morgan fingerprint density at radius 1 is 1.38 bits per heavy atom. The van der Waals surface area contributed by atoms with E-state index >= 15 is 0 Å². The van der Waals surface area contributed by atoms with Crippen LogP contribution >= 0.6 is 0 Å². The molecule has 0 saturated carbocycles. The Bertz CT molecular complexity index is 299. The van der Waals surface area contributed by atoms with Crippen molar-refractivity contribution in [1.29, 1.82) is 0 Å². The number of rotatable bonds is 1. The van der Waals surface area contributed by atoms with Gasteiger partial charge in [0.25, 0.3) is 0 Å². The van der Waals surface area contributed by atoms with Gasteiger partial charge >= 0.3 is 0 Å². The lowest BCUT2D eigenvalue weighted by atomic mass is 10.2. The molecular weight excluding hydrogens is 166 g/mol. The highest BCUT2D eigenvalue weighted by Gasteiger charge is 2.23. The third kappa shape index (κ3) is 1.60. The van der Waals surface area contributed by atoms with Gasteiger partial charge in [-0.2, -0.15) is 0 Å². The number of para-hydroxylation sites is 2. The second kappa shape index (κ2) is 3.26. The van der Waals surface area contributed by atoms with Gasteiger partial charge in [-0.05, 0) is 19.1 Å². The molecular formula is C10H13NO2. The second-order valence-corrected chi connectivity index (χ2v) is 3.27. The molecule has 13 heavy (non-hydrogen) atoms. The van der Waals surface area contributed by atoms with Crippen molar-refractivity contribution < 1.29 is 9.47 Å². The molecule has 1 aromatic rings. The van der Waals surface area contributed by atoms with Crippen LogP contribution in [0.15, 0.2) is 24.3 Å². The quantitative estimate of drug-likeness (QED) is 0.704. The number of hydrogen-bond donors (Lipinski definition) is 1. The van der Waals surface area contributed by atoms with Crippen LogP contribution < -0.4 is 15.2 Å². The van der Waals surface area contributed by atoms with E-state index in [-0.39, 0.29) is 12.1 Å². The predicted octanol–water partition coefficient (Wildman–Crippen LogP) is 1.17. The number of nitrogens with two attached hydrogens (primary N) is 1. The fraction of sp³-hybridized carbons (Fsp3) is 0.400. The van der Waals surface area contributed by atoms with Gasteiger partial charge < -0.3 is 15.2 Å². The molecule has 0 amide bonds. The van der Waals surface area contributed by atoms with Gasteiger partial charge in [0.05, 0.1) is 0 Å². The van der Waals surface area contributed by atoms with E-state index in [1.54, 1.807) is 0 Å². The van der Waals surface area contributed by atoms with Crippen LogP contribution in [0.2, 0.25) is 0 Å². The van der Waals surface area contributed by atoms with Crippen molar-refractivity contribution in [3.8, 4) is 11.5 Å². The summed E-state index contributed by atoms with van der Waals surface area (Å²) in [5, 5.41) is 0. The van der Waals surface area contributed by atoms with Gasteiger partial charge in [0.1, 0.15) is 12.7 Å². The normalized spacial score (nSPS) is 22.5. The zero-order valence-electron chi connectivity index (χ0n) is 7.57. The molecule has 0 saturated heterocycles. The van der Waals surface area contributed by atoms with Gasteiger partial charge in [-0.15, -0.1) is 0 Å². The first-order valence-corrected chi connectivity index (χ1v) is 4.41. The van der Waals surface area contributed by atoms with E-state index in [4.69, 9.17) is 15.2 Å². The van der Waals surface area contributed by atoms with E-state index in [2.05, 4.69) is 0 Å². The molecule has 3 heteroatoms. The monoisotopic (exact) mass is 179 g/mol. The zero-order valence-corrected chi connectivity index (χ0v) is 7.57. The number of ether oxygens (including phenoxy) is 2. The van der Waals surface area contributed by atoms with E-state index in [0.717, 1.165) is 11.5 Å². The molecule has 3 nitrogen and oxygen atoms in total. The lowest BCUT2D eigenvalue weighted by molar-refractivity contribution is 0.0765. The topological polar surface area (TPSA) is 44.5 Å². The van der Waals surface area contributed by atoms with Crippen LogP contribution in [0.3, 0.4) is 0 Å². The standard InChI is InChI=1S/C10H13NO2/c1-7(11)10-6-12-8-4-2-3-5-9(8)13-10/h2-5,7,10H,6,11H2,1H3/t7-,10?/m0/s1. The van der Waals surface area contributed by atoms with Crippen molar-refractivity contribution in [3.63, 3.8) is 0 Å². The minimum absolute atomic E-state index is 0.00615. The third-order valence-electron chi connectivity index (χ3n) is 2.12. The zero-order chi connectivity index (χ0) is 9.26. The Labute approximate surface area is 77.5 Å². The summed E-state index contributed by atoms with van der Waals surface area (Å²) < 4.78 is 11.1. The van der Waals surface area contributed by atoms with Crippen LogP contribution in [-0.2, 0) is 0 Å². The molecule has 0 aromatic heterocycles. The Morgan fingerprint density at radius 3 is 2.77 bits per heavy atom. The molecule has 1 aromatic carbocycles. The van der Waals surface area contributed by atoms with Crippen LogP contribution in [-0.4, -0.2) is 18.8 Å². The van der Waals surface area contributed by atoms with E-state index in [0.29, 0.717) is 6.61 Å². The molecule has 2 atom stereocenters. The fourth-order valence-corrected chi connectivity index (χ4v) is 1.29. The van der Waals surface area contributed by atoms with Gasteiger partial charge in [-0.3, -0.25) is 0 Å². The summed E-state index contributed by atoms with van der Waals surface area (Å²) in [7, 11) is 0. The Morgan fingerprint density at radius 2 is 2.08 bits per heavy atom. The molecule has 0 bridgehead atoms. The van der Waals surface area contributed by atoms with Crippen molar-refractivity contribution in [3.05, 3.63) is 24.3 Å². The van der Waals surface area contributed by atoms with E-state index < -0.39 is 0 Å². The van der Waals surface area contributed by atoms with E-state index in [1.807, 2.05) is 31.2 Å². The molecule has 70 valence electrons. The summed E-state index contributed by atoms with van der Waals surface area (Å²) in [4.78, 5) is 0. The summed E-state index contributed by atoms with van der Waals surface area (Å²) >= 11 is 0. The summed E-state index contributed by atoms with van der Waals surface area (Å²) in [6.45, 7) is 2.46. The van der Waals surface area contributed by atoms with E-state index in [1.165, 1.54) is 0 Å². The smallest absolute Gasteiger partial charge is 0.161 e. The first-order valence-electron chi connectivity index (χ1n) is 4.41. The van der Waals surface area contributed by atoms with Crippen molar-refractivity contribution in [1.82, 2.24) is 0 Å². The third-order valence-corrected chi connectivity index (χ3v) is 2.12. The lowest BCUT2D eigenvalue weighted by Crippen LogP contribution is -2.42. The minimum atomic E-state index is -0.0325. The van der Waals surface area contributed by atoms with Gasteiger partial charge in [-0.1, -0.05) is 12.1 Å². The highest BCUT2D eigenvalue weighted by atomic mass is 16.6. The van der Waals surface area contributed by atoms with Gasteiger partial charge in [0.15, 0.2) is 11.5 Å². The number of fused-ring (bicyclic) bond motifs is 1. The molecule has 2 rings (SSSR count). The van der Waals surface area contributed by atoms with Crippen LogP contribution in [0.5, 0.6) is 11.5 Å². The lowest BCUT2D eigenvalue weighted by Gasteiger charge is -2.28. The predicted molar refractivity (Wildman–Crippen MR) is 50.0 cm³/mol. The van der Waals surface area contributed by atoms with Crippen molar-refractivity contribution in [2.24, 2.45) is 5.73 Å². The molecule has 0 radical (unpaired) electrons. The SMILES string of the molecule is C[C@H](N)C1COc2ccccc2O1. The van der Waals surface area contributed by atoms with Crippen molar-refractivity contribution >= 4 is 0 Å². The van der Waals surface area contributed by atoms with Crippen LogP contribution in [0.1, 0.15) is 6.92 Å². The first-order chi connectivity index (χ1) is 6.27. The Kier molecular flexibility index (Phi) is 2.10. The highest BCUT2D eigenvalue weighted by Crippen LogP contribution is 2.31. The first kappa shape index (κ1) is 8.38. The van der Waals surface area contributed by atoms with Gasteiger partial charge in [0.2, 0.25) is 0 Å². The van der Waals surface area contributed by atoms with Crippen LogP contribution in [0, 0.1) is 0 Å². The molecule has 1 aliphatic rings. The number of benzene rings is 1.